The Hall–Kier alpha value is -1.88. The van der Waals surface area contributed by atoms with Gasteiger partial charge in [-0.2, -0.15) is 0 Å². The molecule has 3 N–H and O–H groups in total. The quantitative estimate of drug-likeness (QED) is 0.607. The number of anilines is 3. The number of hydrogen-bond acceptors (Lipinski definition) is 9. The monoisotopic (exact) mass is 508 g/mol. The Morgan fingerprint density at radius 3 is 2.68 bits per heavy atom. The van der Waals surface area contributed by atoms with Gasteiger partial charge >= 0.3 is 0 Å². The fourth-order valence-corrected chi connectivity index (χ4v) is 6.30. The summed E-state index contributed by atoms with van der Waals surface area (Å²) in [5.41, 5.74) is 5.87. The lowest BCUT2D eigenvalue weighted by atomic mass is 9.77. The molecule has 5 rings (SSSR count). The van der Waals surface area contributed by atoms with Crippen LogP contribution < -0.4 is 15.5 Å². The lowest BCUT2D eigenvalue weighted by Crippen LogP contribution is -2.60. The maximum absolute atomic E-state index is 13.3. The minimum atomic E-state index is -0.725. The third-order valence-corrected chi connectivity index (χ3v) is 8.86. The molecule has 2 aromatic heterocycles. The number of aliphatic hydroxyl groups excluding tert-OH is 1. The van der Waals surface area contributed by atoms with Crippen molar-refractivity contribution in [2.24, 2.45) is 10.8 Å². The third kappa shape index (κ3) is 4.41. The standard InChI is InChI=1S/C23H30ClFN6O2S/c1-15-8-22(14-33-15)3-6-30(7-4-22)17-9-28-21(19(26)29-17)34-16-2-5-27-20(18(16)24)31-11-23(10-25,12-31)13-32/h2,5,9,15,32H,3-4,6-8,10-14H2,1H3,(H2,26,29)/t15-/m0/s1. The van der Waals surface area contributed by atoms with E-state index in [1.165, 1.54) is 11.8 Å². The van der Waals surface area contributed by atoms with E-state index in [4.69, 9.17) is 22.1 Å². The van der Waals surface area contributed by atoms with Gasteiger partial charge in [0.15, 0.2) is 5.82 Å². The van der Waals surface area contributed by atoms with Gasteiger partial charge in [-0.25, -0.2) is 15.0 Å². The van der Waals surface area contributed by atoms with Gasteiger partial charge in [0.25, 0.3) is 0 Å². The van der Waals surface area contributed by atoms with Crippen LogP contribution in [0.1, 0.15) is 26.2 Å². The molecule has 0 radical (unpaired) electrons. The van der Waals surface area contributed by atoms with Crippen molar-refractivity contribution < 1.29 is 14.2 Å². The molecule has 3 fully saturated rings. The maximum atomic E-state index is 13.3. The molecule has 0 amide bonds. The highest BCUT2D eigenvalue weighted by atomic mass is 35.5. The van der Waals surface area contributed by atoms with Gasteiger partial charge in [0, 0.05) is 37.3 Å². The molecule has 3 aliphatic heterocycles. The number of pyridine rings is 1. The van der Waals surface area contributed by atoms with Gasteiger partial charge in [-0.15, -0.1) is 0 Å². The van der Waals surface area contributed by atoms with Gasteiger partial charge < -0.3 is 25.4 Å². The first-order valence-corrected chi connectivity index (χ1v) is 12.8. The van der Waals surface area contributed by atoms with Crippen LogP contribution in [0.15, 0.2) is 28.4 Å². The SMILES string of the molecule is C[C@H]1CC2(CCN(c3cnc(Sc4ccnc(N5CC(CO)(CF)C5)c4Cl)c(N)n3)CC2)CO1. The van der Waals surface area contributed by atoms with Crippen molar-refractivity contribution in [1.82, 2.24) is 15.0 Å². The molecule has 1 spiro atoms. The fraction of sp³-hybridized carbons (Fsp3) is 0.609. The average molecular weight is 509 g/mol. The van der Waals surface area contributed by atoms with Crippen LogP contribution >= 0.6 is 23.4 Å². The molecule has 0 saturated carbocycles. The van der Waals surface area contributed by atoms with E-state index in [0.29, 0.717) is 46.3 Å². The van der Waals surface area contributed by atoms with Crippen molar-refractivity contribution >= 4 is 40.8 Å². The minimum absolute atomic E-state index is 0.199. The number of halogens is 2. The van der Waals surface area contributed by atoms with Gasteiger partial charge in [-0.3, -0.25) is 4.39 Å². The van der Waals surface area contributed by atoms with Crippen molar-refractivity contribution in [3.05, 3.63) is 23.5 Å². The minimum Gasteiger partial charge on any atom is -0.396 e. The Kier molecular flexibility index (Phi) is 6.52. The predicted octanol–water partition coefficient (Wildman–Crippen LogP) is 3.42. The van der Waals surface area contributed by atoms with E-state index >= 15 is 0 Å². The number of ether oxygens (including phenoxy) is 1. The van der Waals surface area contributed by atoms with E-state index in [1.54, 1.807) is 18.5 Å². The zero-order valence-corrected chi connectivity index (χ0v) is 20.8. The van der Waals surface area contributed by atoms with Crippen LogP contribution in [0.25, 0.3) is 0 Å². The third-order valence-electron chi connectivity index (χ3n) is 7.31. The van der Waals surface area contributed by atoms with Crippen LogP contribution in [0.3, 0.4) is 0 Å². The van der Waals surface area contributed by atoms with Crippen LogP contribution in [0.5, 0.6) is 0 Å². The molecule has 184 valence electrons. The van der Waals surface area contributed by atoms with Crippen LogP contribution in [0, 0.1) is 10.8 Å². The van der Waals surface area contributed by atoms with Crippen molar-refractivity contribution in [2.75, 3.05) is 61.6 Å². The molecule has 0 bridgehead atoms. The Balaban J connectivity index is 1.26. The molecule has 8 nitrogen and oxygen atoms in total. The number of piperidine rings is 1. The number of alkyl halides is 1. The van der Waals surface area contributed by atoms with Crippen LogP contribution in [0.2, 0.25) is 5.02 Å². The molecular weight excluding hydrogens is 479 g/mol. The Bertz CT molecular complexity index is 1040. The number of nitrogens with zero attached hydrogens (tertiary/aromatic N) is 5. The summed E-state index contributed by atoms with van der Waals surface area (Å²) in [4.78, 5) is 18.4. The molecule has 34 heavy (non-hydrogen) atoms. The first-order chi connectivity index (χ1) is 16.4. The maximum Gasteiger partial charge on any atom is 0.158 e. The molecular formula is C23H30ClFN6O2S. The number of hydrogen-bond donors (Lipinski definition) is 2. The second-order valence-corrected chi connectivity index (χ2v) is 11.3. The molecule has 3 aliphatic rings. The fourth-order valence-electron chi connectivity index (χ4n) is 5.18. The lowest BCUT2D eigenvalue weighted by molar-refractivity contribution is 0.0644. The highest BCUT2D eigenvalue weighted by Gasteiger charge is 2.44. The molecule has 3 saturated heterocycles. The molecule has 11 heteroatoms. The van der Waals surface area contributed by atoms with E-state index in [0.717, 1.165) is 49.7 Å². The summed E-state index contributed by atoms with van der Waals surface area (Å²) < 4.78 is 19.1. The Morgan fingerprint density at radius 1 is 1.29 bits per heavy atom. The number of nitrogen functional groups attached to an aromatic ring is 1. The van der Waals surface area contributed by atoms with Gasteiger partial charge in [-0.05, 0) is 37.7 Å². The summed E-state index contributed by atoms with van der Waals surface area (Å²) in [5.74, 6) is 1.72. The largest absolute Gasteiger partial charge is 0.396 e. The van der Waals surface area contributed by atoms with Crippen LogP contribution in [0.4, 0.5) is 21.8 Å². The summed E-state index contributed by atoms with van der Waals surface area (Å²) in [7, 11) is 0. The van der Waals surface area contributed by atoms with Crippen LogP contribution in [-0.2, 0) is 4.74 Å². The van der Waals surface area contributed by atoms with Crippen molar-refractivity contribution in [1.29, 1.82) is 0 Å². The van der Waals surface area contributed by atoms with Gasteiger partial charge in [0.1, 0.15) is 23.3 Å². The van der Waals surface area contributed by atoms with Crippen molar-refractivity contribution in [3.8, 4) is 0 Å². The van der Waals surface area contributed by atoms with E-state index in [-0.39, 0.29) is 6.61 Å². The van der Waals surface area contributed by atoms with E-state index in [2.05, 4.69) is 26.8 Å². The summed E-state index contributed by atoms with van der Waals surface area (Å²) in [6, 6.07) is 1.80. The molecule has 0 aliphatic carbocycles. The number of nitrogens with two attached hydrogens (primary N) is 1. The first kappa shape index (κ1) is 23.8. The van der Waals surface area contributed by atoms with E-state index in [9.17, 15) is 9.50 Å². The second kappa shape index (κ2) is 9.29. The Labute approximate surface area is 208 Å². The number of rotatable bonds is 6. The summed E-state index contributed by atoms with van der Waals surface area (Å²) in [6.07, 6.45) is 7.08. The highest BCUT2D eigenvalue weighted by Crippen LogP contribution is 2.44. The van der Waals surface area contributed by atoms with Gasteiger partial charge in [-0.1, -0.05) is 23.4 Å². The lowest BCUT2D eigenvalue weighted by Gasteiger charge is -2.48. The predicted molar refractivity (Wildman–Crippen MR) is 131 cm³/mol. The smallest absolute Gasteiger partial charge is 0.158 e. The van der Waals surface area contributed by atoms with E-state index < -0.39 is 12.1 Å². The topological polar surface area (TPSA) is 101 Å². The highest BCUT2D eigenvalue weighted by molar-refractivity contribution is 7.99. The van der Waals surface area contributed by atoms with Gasteiger partial charge in [0.05, 0.1) is 36.0 Å². The molecule has 2 aromatic rings. The molecule has 1 atom stereocenters. The molecule has 5 heterocycles. The van der Waals surface area contributed by atoms with Crippen molar-refractivity contribution in [2.45, 2.75) is 42.2 Å². The normalized spacial score (nSPS) is 23.4. The number of aliphatic hydroxyl groups is 1. The summed E-state index contributed by atoms with van der Waals surface area (Å²) >= 11 is 7.97. The Morgan fingerprint density at radius 2 is 2.06 bits per heavy atom. The van der Waals surface area contributed by atoms with Crippen molar-refractivity contribution in [3.63, 3.8) is 0 Å². The second-order valence-electron chi connectivity index (χ2n) is 9.93. The summed E-state index contributed by atoms with van der Waals surface area (Å²) in [5, 5.41) is 10.5. The molecule has 0 unspecified atom stereocenters. The first-order valence-electron chi connectivity index (χ1n) is 11.6. The molecule has 0 aromatic carbocycles. The van der Waals surface area contributed by atoms with Gasteiger partial charge in [0.2, 0.25) is 0 Å². The van der Waals surface area contributed by atoms with E-state index in [1.807, 2.05) is 4.90 Å². The zero-order valence-electron chi connectivity index (χ0n) is 19.2. The zero-order chi connectivity index (χ0) is 23.9. The number of aromatic nitrogens is 3. The average Bonchev–Trinajstić information content (AvgIpc) is 3.17. The van der Waals surface area contributed by atoms with Crippen LogP contribution in [-0.4, -0.2) is 72.2 Å². The summed E-state index contributed by atoms with van der Waals surface area (Å²) in [6.45, 7) is 4.81.